The third-order valence-electron chi connectivity index (χ3n) is 3.03. The standard InChI is InChI=1S/C13H20N4O/c1-2-3-4-7-17(8-9-18)13-11-5-6-14-12(11)15-10-16-13/h5-6,10,18H,2-4,7-9H2,1H3,(H,14,15,16). The van der Waals surface area contributed by atoms with Crippen LogP contribution in [0.4, 0.5) is 5.82 Å². The van der Waals surface area contributed by atoms with Crippen LogP contribution in [0, 0.1) is 0 Å². The average Bonchev–Trinajstić information content (AvgIpc) is 2.86. The van der Waals surface area contributed by atoms with Crippen LogP contribution in [-0.4, -0.2) is 39.8 Å². The van der Waals surface area contributed by atoms with Crippen molar-refractivity contribution in [2.75, 3.05) is 24.6 Å². The first-order chi connectivity index (χ1) is 8.86. The molecule has 0 saturated heterocycles. The minimum atomic E-state index is 0.141. The largest absolute Gasteiger partial charge is 0.395 e. The smallest absolute Gasteiger partial charge is 0.142 e. The average molecular weight is 248 g/mol. The van der Waals surface area contributed by atoms with Gasteiger partial charge in [-0.3, -0.25) is 0 Å². The summed E-state index contributed by atoms with van der Waals surface area (Å²) >= 11 is 0. The van der Waals surface area contributed by atoms with E-state index in [9.17, 15) is 5.11 Å². The first-order valence-corrected chi connectivity index (χ1v) is 6.50. The number of hydrogen-bond acceptors (Lipinski definition) is 4. The number of aromatic nitrogens is 3. The van der Waals surface area contributed by atoms with E-state index in [0.717, 1.165) is 29.8 Å². The lowest BCUT2D eigenvalue weighted by Gasteiger charge is -2.23. The quantitative estimate of drug-likeness (QED) is 0.735. The monoisotopic (exact) mass is 248 g/mol. The summed E-state index contributed by atoms with van der Waals surface area (Å²) < 4.78 is 0. The van der Waals surface area contributed by atoms with Gasteiger partial charge in [0.15, 0.2) is 0 Å². The maximum atomic E-state index is 9.18. The van der Waals surface area contributed by atoms with E-state index in [4.69, 9.17) is 0 Å². The summed E-state index contributed by atoms with van der Waals surface area (Å²) in [5, 5.41) is 10.2. The predicted octanol–water partition coefficient (Wildman–Crippen LogP) is 1.95. The highest BCUT2D eigenvalue weighted by Gasteiger charge is 2.12. The van der Waals surface area contributed by atoms with Gasteiger partial charge < -0.3 is 15.0 Å². The van der Waals surface area contributed by atoms with Gasteiger partial charge in [-0.25, -0.2) is 9.97 Å². The van der Waals surface area contributed by atoms with Crippen molar-refractivity contribution >= 4 is 16.9 Å². The zero-order valence-corrected chi connectivity index (χ0v) is 10.8. The maximum absolute atomic E-state index is 9.18. The van der Waals surface area contributed by atoms with Crippen molar-refractivity contribution in [2.45, 2.75) is 26.2 Å². The first kappa shape index (κ1) is 12.8. The molecular formula is C13H20N4O. The summed E-state index contributed by atoms with van der Waals surface area (Å²) in [5.74, 6) is 0.909. The van der Waals surface area contributed by atoms with E-state index in [1.807, 2.05) is 12.3 Å². The van der Waals surface area contributed by atoms with E-state index in [1.165, 1.54) is 12.8 Å². The van der Waals surface area contributed by atoms with Crippen LogP contribution in [0.5, 0.6) is 0 Å². The highest BCUT2D eigenvalue weighted by Crippen LogP contribution is 2.22. The third-order valence-corrected chi connectivity index (χ3v) is 3.03. The summed E-state index contributed by atoms with van der Waals surface area (Å²) in [7, 11) is 0. The SMILES string of the molecule is CCCCCN(CCO)c1ncnc2[nH]ccc12. The molecule has 2 aromatic rings. The van der Waals surface area contributed by atoms with Gasteiger partial charge in [0.25, 0.3) is 0 Å². The van der Waals surface area contributed by atoms with Crippen LogP contribution < -0.4 is 4.90 Å². The molecule has 0 fully saturated rings. The number of unbranched alkanes of at least 4 members (excludes halogenated alkanes) is 2. The minimum absolute atomic E-state index is 0.141. The molecule has 0 aliphatic rings. The van der Waals surface area contributed by atoms with Crippen LogP contribution in [0.3, 0.4) is 0 Å². The number of H-pyrrole nitrogens is 1. The lowest BCUT2D eigenvalue weighted by molar-refractivity contribution is 0.301. The Balaban J connectivity index is 2.20. The number of hydrogen-bond donors (Lipinski definition) is 2. The summed E-state index contributed by atoms with van der Waals surface area (Å²) in [4.78, 5) is 13.8. The Bertz CT molecular complexity index is 483. The number of nitrogens with one attached hydrogen (secondary N) is 1. The number of fused-ring (bicyclic) bond motifs is 1. The molecule has 0 radical (unpaired) electrons. The molecule has 98 valence electrons. The Labute approximate surface area is 107 Å². The molecule has 2 rings (SSSR count). The summed E-state index contributed by atoms with van der Waals surface area (Å²) in [6.45, 7) is 3.86. The number of aromatic amines is 1. The highest BCUT2D eigenvalue weighted by molar-refractivity contribution is 5.87. The molecular weight excluding hydrogens is 228 g/mol. The van der Waals surface area contributed by atoms with E-state index in [1.54, 1.807) is 6.33 Å². The van der Waals surface area contributed by atoms with E-state index in [-0.39, 0.29) is 6.61 Å². The van der Waals surface area contributed by atoms with Crippen LogP contribution in [0.1, 0.15) is 26.2 Å². The van der Waals surface area contributed by atoms with Gasteiger partial charge in [0, 0.05) is 19.3 Å². The van der Waals surface area contributed by atoms with Crippen LogP contribution in [0.15, 0.2) is 18.6 Å². The van der Waals surface area contributed by atoms with Gasteiger partial charge in [-0.05, 0) is 12.5 Å². The van der Waals surface area contributed by atoms with Gasteiger partial charge in [-0.2, -0.15) is 0 Å². The van der Waals surface area contributed by atoms with Crippen molar-refractivity contribution < 1.29 is 5.11 Å². The molecule has 5 nitrogen and oxygen atoms in total. The molecule has 2 heterocycles. The van der Waals surface area contributed by atoms with Crippen LogP contribution >= 0.6 is 0 Å². The van der Waals surface area contributed by atoms with Gasteiger partial charge in [0.1, 0.15) is 17.8 Å². The molecule has 0 bridgehead atoms. The van der Waals surface area contributed by atoms with Crippen LogP contribution in [0.25, 0.3) is 11.0 Å². The van der Waals surface area contributed by atoms with Gasteiger partial charge in [-0.15, -0.1) is 0 Å². The topological polar surface area (TPSA) is 65.0 Å². The van der Waals surface area contributed by atoms with Crippen molar-refractivity contribution in [1.29, 1.82) is 0 Å². The van der Waals surface area contributed by atoms with Crippen molar-refractivity contribution in [3.8, 4) is 0 Å². The first-order valence-electron chi connectivity index (χ1n) is 6.50. The predicted molar refractivity (Wildman–Crippen MR) is 72.7 cm³/mol. The molecule has 0 saturated carbocycles. The van der Waals surface area contributed by atoms with E-state index >= 15 is 0 Å². The highest BCUT2D eigenvalue weighted by atomic mass is 16.3. The Morgan fingerprint density at radius 2 is 2.17 bits per heavy atom. The fraction of sp³-hybridized carbons (Fsp3) is 0.538. The zero-order chi connectivity index (χ0) is 12.8. The maximum Gasteiger partial charge on any atom is 0.142 e. The van der Waals surface area contributed by atoms with Gasteiger partial charge >= 0.3 is 0 Å². The van der Waals surface area contributed by atoms with Crippen molar-refractivity contribution in [1.82, 2.24) is 15.0 Å². The van der Waals surface area contributed by atoms with Gasteiger partial charge in [0.2, 0.25) is 0 Å². The fourth-order valence-electron chi connectivity index (χ4n) is 2.11. The Hall–Kier alpha value is -1.62. The van der Waals surface area contributed by atoms with Crippen molar-refractivity contribution in [3.63, 3.8) is 0 Å². The lowest BCUT2D eigenvalue weighted by atomic mass is 10.2. The molecule has 0 spiro atoms. The number of aliphatic hydroxyl groups excluding tert-OH is 1. The number of anilines is 1. The Kier molecular flexibility index (Phi) is 4.52. The van der Waals surface area contributed by atoms with Crippen molar-refractivity contribution in [2.24, 2.45) is 0 Å². The molecule has 0 unspecified atom stereocenters. The van der Waals surface area contributed by atoms with E-state index in [0.29, 0.717) is 6.54 Å². The van der Waals surface area contributed by atoms with Crippen molar-refractivity contribution in [3.05, 3.63) is 18.6 Å². The van der Waals surface area contributed by atoms with E-state index in [2.05, 4.69) is 26.8 Å². The van der Waals surface area contributed by atoms with Crippen LogP contribution in [-0.2, 0) is 0 Å². The summed E-state index contributed by atoms with van der Waals surface area (Å²) in [6, 6.07) is 1.98. The number of aliphatic hydroxyl groups is 1. The summed E-state index contributed by atoms with van der Waals surface area (Å²) in [6.07, 6.45) is 6.94. The second-order valence-electron chi connectivity index (χ2n) is 4.35. The molecule has 18 heavy (non-hydrogen) atoms. The third kappa shape index (κ3) is 2.79. The second-order valence-corrected chi connectivity index (χ2v) is 4.35. The molecule has 0 aliphatic carbocycles. The normalized spacial score (nSPS) is 11.0. The van der Waals surface area contributed by atoms with Gasteiger partial charge in [0.05, 0.1) is 12.0 Å². The molecule has 2 N–H and O–H groups in total. The number of nitrogens with zero attached hydrogens (tertiary/aromatic N) is 3. The lowest BCUT2D eigenvalue weighted by Crippen LogP contribution is -2.28. The van der Waals surface area contributed by atoms with E-state index < -0.39 is 0 Å². The Morgan fingerprint density at radius 3 is 2.94 bits per heavy atom. The fourth-order valence-corrected chi connectivity index (χ4v) is 2.11. The van der Waals surface area contributed by atoms with Crippen LogP contribution in [0.2, 0.25) is 0 Å². The molecule has 5 heteroatoms. The van der Waals surface area contributed by atoms with Gasteiger partial charge in [-0.1, -0.05) is 19.8 Å². The molecule has 0 atom stereocenters. The molecule has 0 amide bonds. The Morgan fingerprint density at radius 1 is 1.28 bits per heavy atom. The zero-order valence-electron chi connectivity index (χ0n) is 10.8. The second kappa shape index (κ2) is 6.35. The molecule has 2 aromatic heterocycles. The number of rotatable bonds is 7. The minimum Gasteiger partial charge on any atom is -0.395 e. The summed E-state index contributed by atoms with van der Waals surface area (Å²) in [5.41, 5.74) is 0.846. The molecule has 0 aliphatic heterocycles. The molecule has 0 aromatic carbocycles.